The zero-order valence-corrected chi connectivity index (χ0v) is 17.5. The molecule has 0 spiro atoms. The number of pyridine rings is 1. The van der Waals surface area contributed by atoms with Crippen molar-refractivity contribution >= 4 is 28.4 Å². The summed E-state index contributed by atoms with van der Waals surface area (Å²) in [4.78, 5) is 30.7. The highest BCUT2D eigenvalue weighted by Gasteiger charge is 2.26. The van der Waals surface area contributed by atoms with E-state index < -0.39 is 11.7 Å². The van der Waals surface area contributed by atoms with Gasteiger partial charge < -0.3 is 9.73 Å². The average Bonchev–Trinajstić information content (AvgIpc) is 3.43. The molecule has 2 N–H and O–H groups in total. The molecular weight excluding hydrogens is 389 g/mol. The second-order valence-electron chi connectivity index (χ2n) is 7.05. The number of carbonyl (C=O) groups excluding carboxylic acids is 1. The van der Waals surface area contributed by atoms with Gasteiger partial charge in [0.2, 0.25) is 0 Å². The molecule has 0 unspecified atom stereocenters. The second-order valence-corrected chi connectivity index (χ2v) is 7.05. The molecule has 0 aliphatic heterocycles. The van der Waals surface area contributed by atoms with Crippen molar-refractivity contribution < 1.29 is 18.4 Å². The normalized spacial score (nSPS) is 13.0. The van der Waals surface area contributed by atoms with Crippen LogP contribution in [0.15, 0.2) is 39.7 Å². The third-order valence-corrected chi connectivity index (χ3v) is 4.79. The Labute approximate surface area is 173 Å². The number of nitrogens with one attached hydrogen (secondary N) is 2. The first-order chi connectivity index (χ1) is 14.5. The molecule has 1 amide bonds. The highest BCUT2D eigenvalue weighted by atomic mass is 19.1. The Kier molecular flexibility index (Phi) is 6.56. The van der Waals surface area contributed by atoms with Gasteiger partial charge >= 0.3 is 0 Å². The number of hydrogen-bond donors (Lipinski definition) is 2. The van der Waals surface area contributed by atoms with Crippen molar-refractivity contribution in [2.45, 2.75) is 33.6 Å². The molecule has 4 rings (SSSR count). The van der Waals surface area contributed by atoms with Crippen LogP contribution in [0.3, 0.4) is 0 Å². The number of anilines is 2. The van der Waals surface area contributed by atoms with E-state index in [0.717, 1.165) is 18.4 Å². The quantitative estimate of drug-likeness (QED) is 0.582. The molecule has 2 aromatic heterocycles. The predicted octanol–water partition coefficient (Wildman–Crippen LogP) is 4.42. The molecule has 0 saturated heterocycles. The summed E-state index contributed by atoms with van der Waals surface area (Å²) in [6.07, 6.45) is 3.50. The van der Waals surface area contributed by atoms with Gasteiger partial charge in [-0.15, -0.1) is 0 Å². The Balaban J connectivity index is 0.00000124. The van der Waals surface area contributed by atoms with E-state index in [2.05, 4.69) is 10.8 Å². The number of aromatic nitrogens is 1. The fourth-order valence-corrected chi connectivity index (χ4v) is 3.00. The van der Waals surface area contributed by atoms with E-state index in [9.17, 15) is 14.0 Å². The van der Waals surface area contributed by atoms with Gasteiger partial charge in [0.15, 0.2) is 5.58 Å². The number of aryl methyl sites for hydroxylation is 1. The molecule has 1 aliphatic rings. The summed E-state index contributed by atoms with van der Waals surface area (Å²) in [5.41, 5.74) is 3.11. The Morgan fingerprint density at radius 3 is 2.70 bits per heavy atom. The van der Waals surface area contributed by atoms with Crippen molar-refractivity contribution in [3.05, 3.63) is 57.8 Å². The van der Waals surface area contributed by atoms with E-state index in [1.54, 1.807) is 19.1 Å². The van der Waals surface area contributed by atoms with E-state index >= 15 is 0 Å². The number of amides is 1. The molecule has 30 heavy (non-hydrogen) atoms. The van der Waals surface area contributed by atoms with Gasteiger partial charge in [0.05, 0.1) is 23.9 Å². The van der Waals surface area contributed by atoms with Crippen LogP contribution < -0.4 is 16.4 Å². The van der Waals surface area contributed by atoms with Crippen LogP contribution in [0.1, 0.15) is 42.6 Å². The molecule has 1 aliphatic carbocycles. The molecular formula is C22H26FN3O4. The molecule has 2 heterocycles. The Hall–Kier alpha value is -3.13. The second kappa shape index (κ2) is 9.13. The molecule has 3 aromatic rings. The van der Waals surface area contributed by atoms with Gasteiger partial charge in [-0.05, 0) is 49.4 Å². The van der Waals surface area contributed by atoms with Crippen molar-refractivity contribution in [2.24, 2.45) is 13.0 Å². The lowest BCUT2D eigenvalue weighted by Crippen LogP contribution is -2.29. The van der Waals surface area contributed by atoms with Crippen LogP contribution in [0.25, 0.3) is 11.0 Å². The van der Waals surface area contributed by atoms with Crippen LogP contribution in [0.5, 0.6) is 0 Å². The summed E-state index contributed by atoms with van der Waals surface area (Å²) in [5, 5.41) is 3.12. The number of halogens is 1. The molecule has 1 aromatic carbocycles. The number of nitrogens with zero attached hydrogens (tertiary/aromatic N) is 1. The summed E-state index contributed by atoms with van der Waals surface area (Å²) in [6.45, 7) is 6.20. The van der Waals surface area contributed by atoms with E-state index in [-0.39, 0.29) is 33.6 Å². The first-order valence-corrected chi connectivity index (χ1v) is 10.0. The molecule has 0 atom stereocenters. The maximum absolute atomic E-state index is 14.4. The first kappa shape index (κ1) is 21.6. The lowest BCUT2D eigenvalue weighted by atomic mass is 10.1. The minimum absolute atomic E-state index is 0.0675. The van der Waals surface area contributed by atoms with Crippen LogP contribution in [-0.2, 0) is 11.9 Å². The molecule has 1 fully saturated rings. The van der Waals surface area contributed by atoms with Gasteiger partial charge in [0, 0.05) is 7.05 Å². The van der Waals surface area contributed by atoms with Gasteiger partial charge in [-0.1, -0.05) is 19.9 Å². The minimum atomic E-state index is -0.578. The number of rotatable bonds is 6. The Morgan fingerprint density at radius 2 is 2.03 bits per heavy atom. The van der Waals surface area contributed by atoms with E-state index in [4.69, 9.17) is 9.25 Å². The third kappa shape index (κ3) is 4.38. The molecule has 1 saturated carbocycles. The Bertz CT molecular complexity index is 1120. The van der Waals surface area contributed by atoms with Gasteiger partial charge in [-0.3, -0.25) is 19.0 Å². The van der Waals surface area contributed by atoms with Gasteiger partial charge in [0.1, 0.15) is 17.2 Å². The highest BCUT2D eigenvalue weighted by molar-refractivity contribution is 6.09. The topological polar surface area (TPSA) is 85.5 Å². The molecule has 7 nitrogen and oxygen atoms in total. The zero-order chi connectivity index (χ0) is 21.8. The average molecular weight is 415 g/mol. The molecule has 160 valence electrons. The third-order valence-electron chi connectivity index (χ3n) is 4.79. The Morgan fingerprint density at radius 1 is 1.30 bits per heavy atom. The molecule has 8 heteroatoms. The highest BCUT2D eigenvalue weighted by Crippen LogP contribution is 2.30. The maximum Gasteiger partial charge on any atom is 0.282 e. The van der Waals surface area contributed by atoms with Crippen molar-refractivity contribution in [3.8, 4) is 0 Å². The van der Waals surface area contributed by atoms with Gasteiger partial charge in [-0.2, -0.15) is 0 Å². The number of hydrogen-bond acceptors (Lipinski definition) is 5. The van der Waals surface area contributed by atoms with Gasteiger partial charge in [0.25, 0.3) is 11.5 Å². The fourth-order valence-electron chi connectivity index (χ4n) is 3.00. The maximum atomic E-state index is 14.4. The zero-order valence-electron chi connectivity index (χ0n) is 17.5. The van der Waals surface area contributed by atoms with Crippen LogP contribution in [0, 0.1) is 18.7 Å². The van der Waals surface area contributed by atoms with Crippen LogP contribution in [0.2, 0.25) is 0 Å². The minimum Gasteiger partial charge on any atom is -0.463 e. The van der Waals surface area contributed by atoms with Crippen molar-refractivity contribution in [1.29, 1.82) is 0 Å². The monoisotopic (exact) mass is 415 g/mol. The smallest absolute Gasteiger partial charge is 0.282 e. The SMILES string of the molecule is CC.Cc1ccc(Nc2c(C(=O)NOCC3CC3)c3occc3c(=O)n2C)c(F)c1. The van der Waals surface area contributed by atoms with E-state index in [1.807, 2.05) is 13.8 Å². The largest absolute Gasteiger partial charge is 0.463 e. The fraction of sp³-hybridized carbons (Fsp3) is 0.364. The van der Waals surface area contributed by atoms with Crippen molar-refractivity contribution in [3.63, 3.8) is 0 Å². The van der Waals surface area contributed by atoms with Crippen LogP contribution in [0.4, 0.5) is 15.9 Å². The summed E-state index contributed by atoms with van der Waals surface area (Å²) < 4.78 is 21.0. The van der Waals surface area contributed by atoms with Crippen LogP contribution >= 0.6 is 0 Å². The standard InChI is InChI=1S/C20H20FN3O4.C2H6/c1-11-3-6-15(14(21)9-11)22-18-16(19(25)23-28-10-12-4-5-12)17-13(7-8-27-17)20(26)24(18)2;1-2/h3,6-9,12,22H,4-5,10H2,1-2H3,(H,23,25);1-2H3. The van der Waals surface area contributed by atoms with E-state index in [1.165, 1.54) is 30.0 Å². The number of fused-ring (bicyclic) bond motifs is 1. The summed E-state index contributed by atoms with van der Waals surface area (Å²) >= 11 is 0. The molecule has 0 bridgehead atoms. The number of hydroxylamine groups is 1. The molecule has 0 radical (unpaired) electrons. The number of benzene rings is 1. The van der Waals surface area contributed by atoms with Crippen molar-refractivity contribution in [2.75, 3.05) is 11.9 Å². The van der Waals surface area contributed by atoms with Crippen LogP contribution in [-0.4, -0.2) is 17.1 Å². The lowest BCUT2D eigenvalue weighted by Gasteiger charge is -2.17. The number of furan rings is 1. The lowest BCUT2D eigenvalue weighted by molar-refractivity contribution is 0.0271. The predicted molar refractivity (Wildman–Crippen MR) is 113 cm³/mol. The van der Waals surface area contributed by atoms with Crippen molar-refractivity contribution in [1.82, 2.24) is 10.0 Å². The first-order valence-electron chi connectivity index (χ1n) is 10.0. The summed E-state index contributed by atoms with van der Waals surface area (Å²) in [6, 6.07) is 6.14. The number of carbonyl (C=O) groups is 1. The van der Waals surface area contributed by atoms with Gasteiger partial charge in [-0.25, -0.2) is 9.87 Å². The van der Waals surface area contributed by atoms with E-state index in [0.29, 0.717) is 12.5 Å². The summed E-state index contributed by atoms with van der Waals surface area (Å²) in [5.74, 6) is -0.499. The summed E-state index contributed by atoms with van der Waals surface area (Å²) in [7, 11) is 1.50.